The first kappa shape index (κ1) is 14.3. The third-order valence-corrected chi connectivity index (χ3v) is 3.68. The van der Waals surface area contributed by atoms with Crippen LogP contribution in [0.5, 0.6) is 0 Å². The van der Waals surface area contributed by atoms with E-state index < -0.39 is 5.82 Å². The zero-order chi connectivity index (χ0) is 15.7. The number of hydrogen-bond acceptors (Lipinski definition) is 3. The van der Waals surface area contributed by atoms with E-state index in [9.17, 15) is 9.18 Å². The van der Waals surface area contributed by atoms with Crippen molar-refractivity contribution in [2.24, 2.45) is 0 Å². The van der Waals surface area contributed by atoms with Crippen molar-refractivity contribution >= 4 is 16.9 Å². The molecule has 1 aromatic carbocycles. The monoisotopic (exact) mass is 298 g/mol. The maximum absolute atomic E-state index is 13.7. The molecule has 2 aromatic heterocycles. The van der Waals surface area contributed by atoms with Crippen molar-refractivity contribution < 1.29 is 13.6 Å². The van der Waals surface area contributed by atoms with Crippen LogP contribution in [0.3, 0.4) is 0 Å². The Hall–Kier alpha value is -2.69. The van der Waals surface area contributed by atoms with Crippen molar-refractivity contribution in [2.45, 2.75) is 19.9 Å². The van der Waals surface area contributed by atoms with Gasteiger partial charge in [0.25, 0.3) is 5.91 Å². The van der Waals surface area contributed by atoms with Crippen molar-refractivity contribution in [3.05, 3.63) is 65.4 Å². The minimum atomic E-state index is -0.471. The summed E-state index contributed by atoms with van der Waals surface area (Å²) in [6.07, 6.45) is 3.33. The van der Waals surface area contributed by atoms with Gasteiger partial charge in [-0.1, -0.05) is 12.1 Å². The van der Waals surface area contributed by atoms with Gasteiger partial charge >= 0.3 is 0 Å². The number of hydrogen-bond donors (Lipinski definition) is 1. The molecule has 0 spiro atoms. The first-order valence-electron chi connectivity index (χ1n) is 6.96. The van der Waals surface area contributed by atoms with Gasteiger partial charge in [-0.15, -0.1) is 0 Å². The highest BCUT2D eigenvalue weighted by Crippen LogP contribution is 2.27. The van der Waals surface area contributed by atoms with Crippen molar-refractivity contribution in [1.82, 2.24) is 10.3 Å². The molecule has 0 fully saturated rings. The van der Waals surface area contributed by atoms with Gasteiger partial charge in [0, 0.05) is 23.3 Å². The second-order valence-corrected chi connectivity index (χ2v) is 5.15. The number of carbonyl (C=O) groups is 1. The minimum absolute atomic E-state index is 0.113. The third-order valence-electron chi connectivity index (χ3n) is 3.68. The molecule has 0 aliphatic heterocycles. The molecule has 3 aromatic rings. The van der Waals surface area contributed by atoms with Crippen LogP contribution in [0.15, 0.2) is 47.1 Å². The molecule has 3 rings (SSSR count). The summed E-state index contributed by atoms with van der Waals surface area (Å²) in [4.78, 5) is 16.3. The van der Waals surface area contributed by atoms with Gasteiger partial charge in [-0.2, -0.15) is 0 Å². The van der Waals surface area contributed by atoms with Gasteiger partial charge in [-0.25, -0.2) is 4.39 Å². The van der Waals surface area contributed by atoms with Crippen LogP contribution in [0.1, 0.15) is 34.6 Å². The van der Waals surface area contributed by atoms with E-state index in [1.807, 2.05) is 19.1 Å². The Bertz CT molecular complexity index is 827. The van der Waals surface area contributed by atoms with Crippen LogP contribution in [-0.4, -0.2) is 10.9 Å². The number of para-hydroxylation sites is 1. The predicted octanol–water partition coefficient (Wildman–Crippen LogP) is 3.77. The molecule has 0 saturated carbocycles. The Morgan fingerprint density at radius 1 is 1.27 bits per heavy atom. The molecular formula is C17H15FN2O2. The molecule has 4 nitrogen and oxygen atoms in total. The van der Waals surface area contributed by atoms with Crippen LogP contribution in [0, 0.1) is 12.7 Å². The fourth-order valence-corrected chi connectivity index (χ4v) is 2.42. The number of rotatable bonds is 3. The summed E-state index contributed by atoms with van der Waals surface area (Å²) in [5, 5.41) is 3.46. The molecule has 5 heteroatoms. The molecule has 0 radical (unpaired) electrons. The lowest BCUT2D eigenvalue weighted by atomic mass is 10.1. The number of nitrogens with one attached hydrogen (secondary N) is 1. The zero-order valence-electron chi connectivity index (χ0n) is 12.3. The predicted molar refractivity (Wildman–Crippen MR) is 81.0 cm³/mol. The van der Waals surface area contributed by atoms with E-state index in [0.29, 0.717) is 10.9 Å². The highest BCUT2D eigenvalue weighted by atomic mass is 19.1. The standard InChI is InChI=1S/C17H15FN2O2/c1-10-13-4-3-5-14(18)16(13)22-15(10)17(21)20-11(2)12-6-8-19-9-7-12/h3-9,11H,1-2H3,(H,20,21). The number of amides is 1. The number of carbonyl (C=O) groups excluding carboxylic acids is 1. The first-order chi connectivity index (χ1) is 10.6. The van der Waals surface area contributed by atoms with E-state index in [1.54, 1.807) is 31.5 Å². The lowest BCUT2D eigenvalue weighted by molar-refractivity contribution is 0.0913. The topological polar surface area (TPSA) is 55.1 Å². The number of fused-ring (bicyclic) bond motifs is 1. The summed E-state index contributed by atoms with van der Waals surface area (Å²) in [7, 11) is 0. The second kappa shape index (κ2) is 5.60. The van der Waals surface area contributed by atoms with Gasteiger partial charge in [-0.3, -0.25) is 9.78 Å². The van der Waals surface area contributed by atoms with Gasteiger partial charge < -0.3 is 9.73 Å². The molecular weight excluding hydrogens is 283 g/mol. The highest BCUT2D eigenvalue weighted by Gasteiger charge is 2.21. The van der Waals surface area contributed by atoms with Crippen molar-refractivity contribution in [3.8, 4) is 0 Å². The van der Waals surface area contributed by atoms with Crippen molar-refractivity contribution in [1.29, 1.82) is 0 Å². The normalized spacial score (nSPS) is 12.3. The number of halogens is 1. The van der Waals surface area contributed by atoms with Gasteiger partial charge in [0.2, 0.25) is 0 Å². The number of aryl methyl sites for hydroxylation is 1. The molecule has 1 amide bonds. The van der Waals surface area contributed by atoms with Crippen LogP contribution in [0.4, 0.5) is 4.39 Å². The SMILES string of the molecule is Cc1c(C(=O)NC(C)c2ccncc2)oc2c(F)cccc12. The van der Waals surface area contributed by atoms with Crippen LogP contribution < -0.4 is 5.32 Å². The van der Waals surface area contributed by atoms with Crippen molar-refractivity contribution in [3.63, 3.8) is 0 Å². The average molecular weight is 298 g/mol. The molecule has 112 valence electrons. The fourth-order valence-electron chi connectivity index (χ4n) is 2.42. The van der Waals surface area contributed by atoms with Gasteiger partial charge in [-0.05, 0) is 37.6 Å². The minimum Gasteiger partial charge on any atom is -0.448 e. The molecule has 0 aliphatic rings. The fraction of sp³-hybridized carbons (Fsp3) is 0.176. The second-order valence-electron chi connectivity index (χ2n) is 5.15. The summed E-state index contributed by atoms with van der Waals surface area (Å²) in [5.74, 6) is -0.694. The van der Waals surface area contributed by atoms with Crippen LogP contribution in [-0.2, 0) is 0 Å². The molecule has 0 bridgehead atoms. The molecule has 22 heavy (non-hydrogen) atoms. The third kappa shape index (κ3) is 2.45. The Morgan fingerprint density at radius 3 is 2.68 bits per heavy atom. The molecule has 1 N–H and O–H groups in total. The average Bonchev–Trinajstić information content (AvgIpc) is 2.87. The van der Waals surface area contributed by atoms with E-state index in [1.165, 1.54) is 6.07 Å². The van der Waals surface area contributed by atoms with Gasteiger partial charge in [0.15, 0.2) is 17.2 Å². The maximum atomic E-state index is 13.7. The molecule has 1 unspecified atom stereocenters. The van der Waals surface area contributed by atoms with Crippen LogP contribution in [0.25, 0.3) is 11.0 Å². The first-order valence-corrected chi connectivity index (χ1v) is 6.96. The van der Waals surface area contributed by atoms with E-state index in [4.69, 9.17) is 4.42 Å². The Morgan fingerprint density at radius 2 is 2.00 bits per heavy atom. The number of aromatic nitrogens is 1. The highest BCUT2D eigenvalue weighted by molar-refractivity contribution is 5.99. The molecule has 0 saturated heterocycles. The lowest BCUT2D eigenvalue weighted by Gasteiger charge is -2.13. The lowest BCUT2D eigenvalue weighted by Crippen LogP contribution is -2.26. The number of nitrogens with zero attached hydrogens (tertiary/aromatic N) is 1. The molecule has 0 aliphatic carbocycles. The van der Waals surface area contributed by atoms with Crippen molar-refractivity contribution in [2.75, 3.05) is 0 Å². The summed E-state index contributed by atoms with van der Waals surface area (Å²) in [5.41, 5.74) is 1.68. The number of benzene rings is 1. The van der Waals surface area contributed by atoms with E-state index in [-0.39, 0.29) is 23.3 Å². The number of furan rings is 1. The van der Waals surface area contributed by atoms with E-state index >= 15 is 0 Å². The zero-order valence-corrected chi connectivity index (χ0v) is 12.3. The molecule has 1 atom stereocenters. The Balaban J connectivity index is 1.90. The largest absolute Gasteiger partial charge is 0.448 e. The van der Waals surface area contributed by atoms with Crippen LogP contribution >= 0.6 is 0 Å². The summed E-state index contributed by atoms with van der Waals surface area (Å²) >= 11 is 0. The van der Waals surface area contributed by atoms with Crippen LogP contribution in [0.2, 0.25) is 0 Å². The summed E-state index contributed by atoms with van der Waals surface area (Å²) < 4.78 is 19.2. The Labute approximate surface area is 127 Å². The summed E-state index contributed by atoms with van der Waals surface area (Å²) in [6, 6.07) is 8.11. The van der Waals surface area contributed by atoms with E-state index in [0.717, 1.165) is 5.56 Å². The van der Waals surface area contributed by atoms with E-state index in [2.05, 4.69) is 10.3 Å². The quantitative estimate of drug-likeness (QED) is 0.801. The summed E-state index contributed by atoms with van der Waals surface area (Å²) in [6.45, 7) is 3.61. The maximum Gasteiger partial charge on any atom is 0.287 e. The van der Waals surface area contributed by atoms with Gasteiger partial charge in [0.1, 0.15) is 0 Å². The Kier molecular flexibility index (Phi) is 3.63. The smallest absolute Gasteiger partial charge is 0.287 e. The number of pyridine rings is 1. The van der Waals surface area contributed by atoms with Gasteiger partial charge in [0.05, 0.1) is 6.04 Å². The molecule has 2 heterocycles.